The lowest BCUT2D eigenvalue weighted by molar-refractivity contribution is -0.131. The van der Waals surface area contributed by atoms with E-state index in [1.165, 1.54) is 6.92 Å². The first-order valence-electron chi connectivity index (χ1n) is 4.67. The van der Waals surface area contributed by atoms with Crippen LogP contribution in [0.5, 0.6) is 5.75 Å². The lowest BCUT2D eigenvalue weighted by Gasteiger charge is -2.03. The van der Waals surface area contributed by atoms with Crippen molar-refractivity contribution in [2.75, 3.05) is 6.54 Å². The second-order valence-electron chi connectivity index (χ2n) is 3.06. The normalized spacial score (nSPS) is 9.40. The maximum absolute atomic E-state index is 10.6. The van der Waals surface area contributed by atoms with Crippen LogP contribution in [0, 0.1) is 0 Å². The Morgan fingerprint density at radius 1 is 1.40 bits per heavy atom. The number of carbonyl (C=O) groups is 2. The summed E-state index contributed by atoms with van der Waals surface area (Å²) in [7, 11) is 0. The molecule has 0 aliphatic heterocycles. The van der Waals surface area contributed by atoms with Gasteiger partial charge in [-0.15, -0.1) is 0 Å². The predicted octanol–water partition coefficient (Wildman–Crippen LogP) is 0.900. The average molecular weight is 207 g/mol. The van der Waals surface area contributed by atoms with Gasteiger partial charge in [0.05, 0.1) is 0 Å². The van der Waals surface area contributed by atoms with E-state index in [2.05, 4.69) is 5.32 Å². The summed E-state index contributed by atoms with van der Waals surface area (Å²) >= 11 is 0. The maximum atomic E-state index is 10.6. The molecule has 0 spiro atoms. The van der Waals surface area contributed by atoms with Crippen molar-refractivity contribution in [2.45, 2.75) is 13.3 Å². The van der Waals surface area contributed by atoms with Crippen molar-refractivity contribution < 1.29 is 14.3 Å². The van der Waals surface area contributed by atoms with Crippen molar-refractivity contribution in [3.63, 3.8) is 0 Å². The van der Waals surface area contributed by atoms with Crippen LogP contribution in [0.2, 0.25) is 0 Å². The number of nitrogens with one attached hydrogen (secondary N) is 1. The molecular weight excluding hydrogens is 194 g/mol. The molecule has 1 aromatic carbocycles. The Labute approximate surface area is 88.2 Å². The summed E-state index contributed by atoms with van der Waals surface area (Å²) in [5.41, 5.74) is 1.08. The molecule has 0 saturated heterocycles. The van der Waals surface area contributed by atoms with Gasteiger partial charge in [0.2, 0.25) is 6.41 Å². The van der Waals surface area contributed by atoms with Crippen LogP contribution in [0.1, 0.15) is 12.5 Å². The van der Waals surface area contributed by atoms with Gasteiger partial charge in [0.1, 0.15) is 5.75 Å². The number of benzene rings is 1. The molecule has 1 aromatic rings. The minimum absolute atomic E-state index is 0.328. The van der Waals surface area contributed by atoms with Crippen LogP contribution in [0.15, 0.2) is 24.3 Å². The molecule has 1 N–H and O–H groups in total. The maximum Gasteiger partial charge on any atom is 0.308 e. The Morgan fingerprint density at radius 2 is 2.07 bits per heavy atom. The van der Waals surface area contributed by atoms with Crippen LogP contribution in [-0.2, 0) is 16.0 Å². The molecule has 0 fully saturated rings. The largest absolute Gasteiger partial charge is 0.427 e. The number of hydrogen-bond acceptors (Lipinski definition) is 3. The molecule has 4 nitrogen and oxygen atoms in total. The van der Waals surface area contributed by atoms with Crippen molar-refractivity contribution in [1.29, 1.82) is 0 Å². The summed E-state index contributed by atoms with van der Waals surface area (Å²) in [5, 5.41) is 2.58. The smallest absolute Gasteiger partial charge is 0.308 e. The first kappa shape index (κ1) is 11.2. The number of amides is 1. The Kier molecular flexibility index (Phi) is 4.34. The molecule has 0 aromatic heterocycles. The minimum Gasteiger partial charge on any atom is -0.427 e. The third-order valence-electron chi connectivity index (χ3n) is 1.83. The van der Waals surface area contributed by atoms with Crippen molar-refractivity contribution in [3.8, 4) is 5.75 Å². The fourth-order valence-electron chi connectivity index (χ4n) is 1.17. The molecule has 1 rings (SSSR count). The third-order valence-corrected chi connectivity index (χ3v) is 1.83. The van der Waals surface area contributed by atoms with Crippen molar-refractivity contribution >= 4 is 12.4 Å². The van der Waals surface area contributed by atoms with Gasteiger partial charge in [-0.1, -0.05) is 12.1 Å². The summed E-state index contributed by atoms with van der Waals surface area (Å²) in [6.45, 7) is 1.97. The number of rotatable bonds is 5. The first-order valence-corrected chi connectivity index (χ1v) is 4.67. The SMILES string of the molecule is CC(=O)Oc1ccc(CCNC=O)cc1. The third kappa shape index (κ3) is 4.26. The molecule has 80 valence electrons. The van der Waals surface area contributed by atoms with Crippen LogP contribution in [-0.4, -0.2) is 18.9 Å². The van der Waals surface area contributed by atoms with Gasteiger partial charge in [0.15, 0.2) is 0 Å². The van der Waals surface area contributed by atoms with Gasteiger partial charge in [-0.3, -0.25) is 9.59 Å². The highest BCUT2D eigenvalue weighted by molar-refractivity contribution is 5.69. The van der Waals surface area contributed by atoms with Crippen molar-refractivity contribution in [2.24, 2.45) is 0 Å². The summed E-state index contributed by atoms with van der Waals surface area (Å²) < 4.78 is 4.88. The molecule has 0 bridgehead atoms. The second kappa shape index (κ2) is 5.80. The molecule has 15 heavy (non-hydrogen) atoms. The topological polar surface area (TPSA) is 55.4 Å². The van der Waals surface area contributed by atoms with Crippen molar-refractivity contribution in [3.05, 3.63) is 29.8 Å². The molecule has 0 aliphatic rings. The molecule has 0 unspecified atom stereocenters. The van der Waals surface area contributed by atoms with E-state index in [-0.39, 0.29) is 5.97 Å². The van der Waals surface area contributed by atoms with E-state index in [0.717, 1.165) is 12.0 Å². The lowest BCUT2D eigenvalue weighted by Crippen LogP contribution is -2.14. The first-order chi connectivity index (χ1) is 7.22. The molecule has 0 atom stereocenters. The zero-order valence-corrected chi connectivity index (χ0v) is 8.53. The quantitative estimate of drug-likeness (QED) is 0.338. The van der Waals surface area contributed by atoms with Gasteiger partial charge in [-0.25, -0.2) is 0 Å². The predicted molar refractivity (Wildman–Crippen MR) is 55.5 cm³/mol. The molecular formula is C11H13NO3. The fourth-order valence-corrected chi connectivity index (χ4v) is 1.17. The molecule has 0 aliphatic carbocycles. The highest BCUT2D eigenvalue weighted by Gasteiger charge is 1.97. The molecule has 0 heterocycles. The van der Waals surface area contributed by atoms with E-state index < -0.39 is 0 Å². The standard InChI is InChI=1S/C11H13NO3/c1-9(14)15-11-4-2-10(3-5-11)6-7-12-8-13/h2-5,8H,6-7H2,1H3,(H,12,13). The van der Waals surface area contributed by atoms with E-state index in [0.29, 0.717) is 18.7 Å². The minimum atomic E-state index is -0.328. The van der Waals surface area contributed by atoms with Crippen molar-refractivity contribution in [1.82, 2.24) is 5.32 Å². The van der Waals surface area contributed by atoms with Gasteiger partial charge in [-0.05, 0) is 24.1 Å². The molecule has 1 amide bonds. The monoisotopic (exact) mass is 207 g/mol. The van der Waals surface area contributed by atoms with Crippen LogP contribution < -0.4 is 10.1 Å². The van der Waals surface area contributed by atoms with E-state index in [9.17, 15) is 9.59 Å². The van der Waals surface area contributed by atoms with E-state index in [1.54, 1.807) is 12.1 Å². The molecule has 4 heteroatoms. The second-order valence-corrected chi connectivity index (χ2v) is 3.06. The number of hydrogen-bond donors (Lipinski definition) is 1. The van der Waals surface area contributed by atoms with Gasteiger partial charge < -0.3 is 10.1 Å². The highest BCUT2D eigenvalue weighted by Crippen LogP contribution is 2.12. The Balaban J connectivity index is 2.48. The van der Waals surface area contributed by atoms with E-state index in [4.69, 9.17) is 4.74 Å². The molecule has 0 radical (unpaired) electrons. The Bertz CT molecular complexity index is 332. The summed E-state index contributed by atoms with van der Waals surface area (Å²) in [5.74, 6) is 0.208. The van der Waals surface area contributed by atoms with E-state index in [1.807, 2.05) is 12.1 Å². The number of esters is 1. The summed E-state index contributed by atoms with van der Waals surface area (Å²) in [6, 6.07) is 7.20. The van der Waals surface area contributed by atoms with Crippen LogP contribution in [0.25, 0.3) is 0 Å². The van der Waals surface area contributed by atoms with Crippen LogP contribution in [0.4, 0.5) is 0 Å². The van der Waals surface area contributed by atoms with Gasteiger partial charge in [-0.2, -0.15) is 0 Å². The number of ether oxygens (including phenoxy) is 1. The van der Waals surface area contributed by atoms with Crippen LogP contribution in [0.3, 0.4) is 0 Å². The lowest BCUT2D eigenvalue weighted by atomic mass is 10.1. The molecule has 0 saturated carbocycles. The van der Waals surface area contributed by atoms with Gasteiger partial charge in [0.25, 0.3) is 0 Å². The van der Waals surface area contributed by atoms with Crippen LogP contribution >= 0.6 is 0 Å². The van der Waals surface area contributed by atoms with E-state index >= 15 is 0 Å². The Hall–Kier alpha value is -1.84. The Morgan fingerprint density at radius 3 is 2.60 bits per heavy atom. The highest BCUT2D eigenvalue weighted by atomic mass is 16.5. The summed E-state index contributed by atoms with van der Waals surface area (Å²) in [4.78, 5) is 20.6. The van der Waals surface area contributed by atoms with Gasteiger partial charge >= 0.3 is 5.97 Å². The number of carbonyl (C=O) groups excluding carboxylic acids is 2. The zero-order chi connectivity index (χ0) is 11.1. The summed E-state index contributed by atoms with van der Waals surface area (Å²) in [6.07, 6.45) is 1.44. The fraction of sp³-hybridized carbons (Fsp3) is 0.273. The van der Waals surface area contributed by atoms with Gasteiger partial charge in [0, 0.05) is 13.5 Å². The zero-order valence-electron chi connectivity index (χ0n) is 8.53. The average Bonchev–Trinajstić information content (AvgIpc) is 2.20.